The van der Waals surface area contributed by atoms with Crippen molar-refractivity contribution in [2.75, 3.05) is 0 Å². The van der Waals surface area contributed by atoms with Gasteiger partial charge in [-0.15, -0.1) is 0 Å². The second-order valence-electron chi connectivity index (χ2n) is 8.13. The average molecular weight is 437 g/mol. The van der Waals surface area contributed by atoms with E-state index in [1.165, 1.54) is 10.8 Å². The molecule has 34 heavy (non-hydrogen) atoms. The highest BCUT2D eigenvalue weighted by molar-refractivity contribution is 6.08. The van der Waals surface area contributed by atoms with Crippen molar-refractivity contribution in [2.45, 2.75) is 0 Å². The smallest absolute Gasteiger partial charge is 0.115 e. The Morgan fingerprint density at radius 1 is 0.353 bits per heavy atom. The van der Waals surface area contributed by atoms with E-state index >= 15 is 0 Å². The van der Waals surface area contributed by atoms with Crippen molar-refractivity contribution in [3.8, 4) is 44.5 Å². The summed E-state index contributed by atoms with van der Waals surface area (Å²) >= 11 is 0. The molecule has 4 heteroatoms. The van der Waals surface area contributed by atoms with E-state index in [-0.39, 0.29) is 0 Å². The first kappa shape index (κ1) is 19.9. The molecule has 4 aromatic carbocycles. The quantitative estimate of drug-likeness (QED) is 0.296. The fourth-order valence-electron chi connectivity index (χ4n) is 4.40. The van der Waals surface area contributed by atoms with Gasteiger partial charge in [0.15, 0.2) is 0 Å². The van der Waals surface area contributed by atoms with Crippen LogP contribution in [0.2, 0.25) is 0 Å². The van der Waals surface area contributed by atoms with Crippen molar-refractivity contribution in [1.82, 2.24) is 19.9 Å². The molecule has 0 aliphatic carbocycles. The zero-order chi connectivity index (χ0) is 22.7. The lowest BCUT2D eigenvalue weighted by atomic mass is 9.87. The molecule has 0 spiro atoms. The Hall–Kier alpha value is -4.70. The van der Waals surface area contributed by atoms with Crippen molar-refractivity contribution in [3.05, 3.63) is 122 Å². The zero-order valence-electron chi connectivity index (χ0n) is 18.3. The van der Waals surface area contributed by atoms with Crippen LogP contribution in [0.25, 0.3) is 55.3 Å². The van der Waals surface area contributed by atoms with Gasteiger partial charge in [-0.1, -0.05) is 60.7 Å². The minimum absolute atomic E-state index is 0.987. The van der Waals surface area contributed by atoms with Crippen LogP contribution >= 0.6 is 0 Å². The molecule has 0 aliphatic heterocycles. The minimum Gasteiger partial charge on any atom is -0.244 e. The maximum atomic E-state index is 4.25. The minimum atomic E-state index is 0.987. The summed E-state index contributed by atoms with van der Waals surface area (Å²) in [6.45, 7) is 0. The van der Waals surface area contributed by atoms with Crippen LogP contribution in [-0.2, 0) is 0 Å². The second-order valence-corrected chi connectivity index (χ2v) is 8.13. The predicted octanol–water partition coefficient (Wildman–Crippen LogP) is 7.09. The molecule has 0 saturated heterocycles. The molecule has 6 aromatic rings. The molecule has 160 valence electrons. The molecule has 0 atom stereocenters. The Kier molecular flexibility index (Phi) is 5.09. The lowest BCUT2D eigenvalue weighted by Gasteiger charge is -2.16. The Balaban J connectivity index is 1.73. The number of rotatable bonds is 4. The number of benzene rings is 4. The summed E-state index contributed by atoms with van der Waals surface area (Å²) in [5.74, 6) is 0. The van der Waals surface area contributed by atoms with E-state index in [0.717, 1.165) is 44.5 Å². The van der Waals surface area contributed by atoms with Gasteiger partial charge < -0.3 is 0 Å². The Morgan fingerprint density at radius 2 is 0.735 bits per heavy atom. The van der Waals surface area contributed by atoms with Crippen LogP contribution in [0.1, 0.15) is 0 Å². The van der Waals surface area contributed by atoms with E-state index in [1.807, 2.05) is 36.9 Å². The maximum Gasteiger partial charge on any atom is 0.115 e. The van der Waals surface area contributed by atoms with E-state index in [4.69, 9.17) is 0 Å². The van der Waals surface area contributed by atoms with Crippen molar-refractivity contribution < 1.29 is 0 Å². The van der Waals surface area contributed by atoms with Gasteiger partial charge in [0.1, 0.15) is 12.7 Å². The van der Waals surface area contributed by atoms with Crippen LogP contribution in [-0.4, -0.2) is 19.9 Å². The molecule has 6 rings (SSSR count). The van der Waals surface area contributed by atoms with Crippen LogP contribution in [0.3, 0.4) is 0 Å². The fourth-order valence-corrected chi connectivity index (χ4v) is 4.40. The summed E-state index contributed by atoms with van der Waals surface area (Å²) in [6.07, 6.45) is 10.6. The highest BCUT2D eigenvalue weighted by Gasteiger charge is 2.15. The average Bonchev–Trinajstić information content (AvgIpc) is 2.94. The standard InChI is InChI=1S/C30H20N4/c1-3-7-21(8-4-1)27-11-23(25-15-31-19-32-16-25)14-30-28(22-9-5-2-6-10-22)12-24(13-29(27)30)26-17-33-20-34-18-26/h1-20H. The Labute approximate surface area is 197 Å². The fraction of sp³-hybridized carbons (Fsp3) is 0. The first-order valence-corrected chi connectivity index (χ1v) is 11.1. The zero-order valence-corrected chi connectivity index (χ0v) is 18.3. The number of fused-ring (bicyclic) bond motifs is 1. The van der Waals surface area contributed by atoms with Gasteiger partial charge >= 0.3 is 0 Å². The molecule has 0 unspecified atom stereocenters. The molecule has 0 radical (unpaired) electrons. The molecule has 2 aromatic heterocycles. The van der Waals surface area contributed by atoms with Crippen LogP contribution in [0.15, 0.2) is 122 Å². The van der Waals surface area contributed by atoms with Crippen molar-refractivity contribution >= 4 is 10.8 Å². The molecule has 0 fully saturated rings. The molecule has 0 aliphatic rings. The topological polar surface area (TPSA) is 51.6 Å². The van der Waals surface area contributed by atoms with E-state index in [2.05, 4.69) is 92.7 Å². The SMILES string of the molecule is c1ccc(-c2cc(-c3cncnc3)cc3c(-c4ccccc4)cc(-c4cncnc4)cc23)cc1. The van der Waals surface area contributed by atoms with Crippen LogP contribution in [0, 0.1) is 0 Å². The van der Waals surface area contributed by atoms with Gasteiger partial charge in [-0.2, -0.15) is 0 Å². The molecule has 0 N–H and O–H groups in total. The molecule has 0 bridgehead atoms. The third-order valence-electron chi connectivity index (χ3n) is 6.03. The molecule has 4 nitrogen and oxygen atoms in total. The van der Waals surface area contributed by atoms with Gasteiger partial charge in [-0.3, -0.25) is 0 Å². The normalized spacial score (nSPS) is 10.9. The van der Waals surface area contributed by atoms with Crippen molar-refractivity contribution in [2.24, 2.45) is 0 Å². The summed E-state index contributed by atoms with van der Waals surface area (Å²) < 4.78 is 0. The lowest BCUT2D eigenvalue weighted by Crippen LogP contribution is -1.92. The summed E-state index contributed by atoms with van der Waals surface area (Å²) in [7, 11) is 0. The third-order valence-corrected chi connectivity index (χ3v) is 6.03. The Morgan fingerprint density at radius 3 is 1.12 bits per heavy atom. The lowest BCUT2D eigenvalue weighted by molar-refractivity contribution is 1.17. The summed E-state index contributed by atoms with van der Waals surface area (Å²) in [6, 6.07) is 30.0. The van der Waals surface area contributed by atoms with Gasteiger partial charge in [-0.05, 0) is 68.4 Å². The first-order chi connectivity index (χ1) is 16.9. The molecule has 0 amide bonds. The Bertz CT molecular complexity index is 1440. The van der Waals surface area contributed by atoms with E-state index in [0.29, 0.717) is 0 Å². The van der Waals surface area contributed by atoms with E-state index < -0.39 is 0 Å². The van der Waals surface area contributed by atoms with E-state index in [1.54, 1.807) is 12.7 Å². The molecule has 0 saturated carbocycles. The predicted molar refractivity (Wildman–Crippen MR) is 137 cm³/mol. The van der Waals surface area contributed by atoms with Crippen LogP contribution < -0.4 is 0 Å². The van der Waals surface area contributed by atoms with Crippen molar-refractivity contribution in [1.29, 1.82) is 0 Å². The first-order valence-electron chi connectivity index (χ1n) is 11.1. The number of hydrogen-bond acceptors (Lipinski definition) is 4. The number of hydrogen-bond donors (Lipinski definition) is 0. The van der Waals surface area contributed by atoms with Crippen molar-refractivity contribution in [3.63, 3.8) is 0 Å². The highest BCUT2D eigenvalue weighted by Crippen LogP contribution is 2.41. The van der Waals surface area contributed by atoms with Gasteiger partial charge in [0.05, 0.1) is 0 Å². The second kappa shape index (κ2) is 8.68. The van der Waals surface area contributed by atoms with E-state index in [9.17, 15) is 0 Å². The van der Waals surface area contributed by atoms with Crippen LogP contribution in [0.5, 0.6) is 0 Å². The van der Waals surface area contributed by atoms with Gasteiger partial charge in [0, 0.05) is 35.9 Å². The largest absolute Gasteiger partial charge is 0.244 e. The number of nitrogens with zero attached hydrogens (tertiary/aromatic N) is 4. The molecular formula is C30H20N4. The van der Waals surface area contributed by atoms with Gasteiger partial charge in [0.2, 0.25) is 0 Å². The molecule has 2 heterocycles. The molecular weight excluding hydrogens is 416 g/mol. The summed E-state index contributed by atoms with van der Waals surface area (Å²) in [4.78, 5) is 17.0. The third kappa shape index (κ3) is 3.71. The highest BCUT2D eigenvalue weighted by atomic mass is 14.8. The van der Waals surface area contributed by atoms with Gasteiger partial charge in [0.25, 0.3) is 0 Å². The maximum absolute atomic E-state index is 4.25. The van der Waals surface area contributed by atoms with Crippen LogP contribution in [0.4, 0.5) is 0 Å². The monoisotopic (exact) mass is 436 g/mol. The number of aromatic nitrogens is 4. The summed E-state index contributed by atoms with van der Waals surface area (Å²) in [5, 5.41) is 2.35. The summed E-state index contributed by atoms with van der Waals surface area (Å²) in [5.41, 5.74) is 8.78. The van der Waals surface area contributed by atoms with Gasteiger partial charge in [-0.25, -0.2) is 19.9 Å².